The molecule has 1 unspecified atom stereocenters. The fourth-order valence-corrected chi connectivity index (χ4v) is 1.82. The van der Waals surface area contributed by atoms with Gasteiger partial charge in [-0.2, -0.15) is 5.26 Å². The number of nitrogens with zero attached hydrogens (tertiary/aromatic N) is 3. The molecule has 0 bridgehead atoms. The van der Waals surface area contributed by atoms with Gasteiger partial charge >= 0.3 is 0 Å². The van der Waals surface area contributed by atoms with E-state index in [2.05, 4.69) is 16.4 Å². The normalized spacial score (nSPS) is 11.9. The molecule has 1 aromatic rings. The molecular formula is C13H18N4O. The predicted molar refractivity (Wildman–Crippen MR) is 68.5 cm³/mol. The molecule has 0 aromatic carbocycles. The molecule has 1 heterocycles. The number of carbonyl (C=O) groups excluding carboxylic acids is 1. The Morgan fingerprint density at radius 2 is 2.39 bits per heavy atom. The summed E-state index contributed by atoms with van der Waals surface area (Å²) >= 11 is 0. The molecule has 96 valence electrons. The average Bonchev–Trinajstić information content (AvgIpc) is 2.38. The van der Waals surface area contributed by atoms with Gasteiger partial charge < -0.3 is 10.2 Å². The van der Waals surface area contributed by atoms with Crippen molar-refractivity contribution in [2.24, 2.45) is 5.92 Å². The Bertz CT molecular complexity index is 453. The van der Waals surface area contributed by atoms with E-state index in [4.69, 9.17) is 5.26 Å². The van der Waals surface area contributed by atoms with Crippen molar-refractivity contribution in [1.82, 2.24) is 15.2 Å². The minimum atomic E-state index is -0.0813. The molecule has 1 amide bonds. The third-order valence-electron chi connectivity index (χ3n) is 2.72. The zero-order valence-corrected chi connectivity index (χ0v) is 11.0. The van der Waals surface area contributed by atoms with Crippen LogP contribution in [0, 0.1) is 17.2 Å². The first-order valence-electron chi connectivity index (χ1n) is 5.82. The van der Waals surface area contributed by atoms with Crippen LogP contribution in [0.25, 0.3) is 0 Å². The van der Waals surface area contributed by atoms with Crippen molar-refractivity contribution in [2.45, 2.75) is 13.5 Å². The Morgan fingerprint density at radius 1 is 1.67 bits per heavy atom. The van der Waals surface area contributed by atoms with E-state index in [-0.39, 0.29) is 11.8 Å². The second-order valence-corrected chi connectivity index (χ2v) is 4.33. The molecular weight excluding hydrogens is 228 g/mol. The van der Waals surface area contributed by atoms with Gasteiger partial charge in [0.1, 0.15) is 11.8 Å². The molecule has 5 nitrogen and oxygen atoms in total. The smallest absolute Gasteiger partial charge is 0.223 e. The number of rotatable bonds is 5. The Morgan fingerprint density at radius 3 is 3.00 bits per heavy atom. The fraction of sp³-hybridized carbons (Fsp3) is 0.462. The Kier molecular flexibility index (Phi) is 5.28. The van der Waals surface area contributed by atoms with Gasteiger partial charge in [-0.25, -0.2) is 4.98 Å². The summed E-state index contributed by atoms with van der Waals surface area (Å²) in [4.78, 5) is 17.4. The van der Waals surface area contributed by atoms with Crippen molar-refractivity contribution < 1.29 is 4.79 Å². The van der Waals surface area contributed by atoms with Crippen LogP contribution in [-0.4, -0.2) is 36.4 Å². The van der Waals surface area contributed by atoms with Gasteiger partial charge in [0.15, 0.2) is 0 Å². The van der Waals surface area contributed by atoms with Gasteiger partial charge in [-0.05, 0) is 13.1 Å². The third-order valence-corrected chi connectivity index (χ3v) is 2.72. The summed E-state index contributed by atoms with van der Waals surface area (Å²) in [5, 5.41) is 11.6. The number of amides is 1. The Hall–Kier alpha value is -1.93. The lowest BCUT2D eigenvalue weighted by Crippen LogP contribution is -2.34. The molecule has 1 atom stereocenters. The zero-order valence-electron chi connectivity index (χ0n) is 11.0. The summed E-state index contributed by atoms with van der Waals surface area (Å²) in [6.07, 6.45) is 1.61. The van der Waals surface area contributed by atoms with Gasteiger partial charge in [-0.1, -0.05) is 13.0 Å². The monoisotopic (exact) mass is 246 g/mol. The number of nitriles is 1. The van der Waals surface area contributed by atoms with Crippen molar-refractivity contribution in [2.75, 3.05) is 20.6 Å². The van der Waals surface area contributed by atoms with Crippen LogP contribution in [0.2, 0.25) is 0 Å². The summed E-state index contributed by atoms with van der Waals surface area (Å²) in [6, 6.07) is 5.76. The van der Waals surface area contributed by atoms with E-state index >= 15 is 0 Å². The van der Waals surface area contributed by atoms with Crippen LogP contribution in [0.5, 0.6) is 0 Å². The van der Waals surface area contributed by atoms with E-state index in [1.54, 1.807) is 13.2 Å². The predicted octanol–water partition coefficient (Wildman–Crippen LogP) is 0.767. The van der Waals surface area contributed by atoms with Crippen molar-refractivity contribution in [1.29, 1.82) is 5.26 Å². The number of aromatic nitrogens is 1. The molecule has 0 aliphatic heterocycles. The first-order chi connectivity index (χ1) is 8.58. The lowest BCUT2D eigenvalue weighted by atomic mass is 10.1. The molecule has 0 fully saturated rings. The van der Waals surface area contributed by atoms with Crippen LogP contribution in [0.4, 0.5) is 0 Å². The number of hydrogen-bond donors (Lipinski definition) is 1. The number of pyridine rings is 1. The summed E-state index contributed by atoms with van der Waals surface area (Å²) in [7, 11) is 3.56. The van der Waals surface area contributed by atoms with Crippen molar-refractivity contribution in [3.8, 4) is 6.07 Å². The summed E-state index contributed by atoms with van der Waals surface area (Å²) in [5.74, 6) is -0.0595. The molecule has 0 radical (unpaired) electrons. The van der Waals surface area contributed by atoms with Crippen molar-refractivity contribution in [3.05, 3.63) is 29.6 Å². The highest BCUT2D eigenvalue weighted by atomic mass is 16.1. The quantitative estimate of drug-likeness (QED) is 0.833. The molecule has 0 saturated carbocycles. The second-order valence-electron chi connectivity index (χ2n) is 4.33. The highest BCUT2D eigenvalue weighted by Gasteiger charge is 2.14. The van der Waals surface area contributed by atoms with Gasteiger partial charge in [-0.3, -0.25) is 4.79 Å². The van der Waals surface area contributed by atoms with Crippen LogP contribution in [0.15, 0.2) is 18.3 Å². The Balaban J connectivity index is 2.62. The molecule has 0 aliphatic carbocycles. The van der Waals surface area contributed by atoms with Crippen LogP contribution in [-0.2, 0) is 11.3 Å². The lowest BCUT2D eigenvalue weighted by molar-refractivity contribution is -0.124. The standard InChI is InChI=1S/C13H18N4O/c1-10(13(18)15-2)8-17(3)9-11-5-4-6-16-12(11)7-14/h4-6,10H,8-9H2,1-3H3,(H,15,18). The lowest BCUT2D eigenvalue weighted by Gasteiger charge is -2.20. The number of carbonyl (C=O) groups is 1. The van der Waals surface area contributed by atoms with E-state index in [9.17, 15) is 4.79 Å². The highest BCUT2D eigenvalue weighted by Crippen LogP contribution is 2.08. The van der Waals surface area contributed by atoms with Gasteiger partial charge in [0, 0.05) is 37.8 Å². The van der Waals surface area contributed by atoms with E-state index in [1.807, 2.05) is 31.0 Å². The number of hydrogen-bond acceptors (Lipinski definition) is 4. The second kappa shape index (κ2) is 6.72. The molecule has 1 aromatic heterocycles. The first-order valence-corrected chi connectivity index (χ1v) is 5.82. The maximum atomic E-state index is 11.4. The van der Waals surface area contributed by atoms with Crippen LogP contribution in [0.1, 0.15) is 18.2 Å². The maximum Gasteiger partial charge on any atom is 0.223 e. The van der Waals surface area contributed by atoms with E-state index in [1.165, 1.54) is 0 Å². The molecule has 0 aliphatic rings. The minimum Gasteiger partial charge on any atom is -0.359 e. The van der Waals surface area contributed by atoms with Crippen LogP contribution >= 0.6 is 0 Å². The zero-order chi connectivity index (χ0) is 13.5. The summed E-state index contributed by atoms with van der Waals surface area (Å²) in [5.41, 5.74) is 1.32. The SMILES string of the molecule is CNC(=O)C(C)CN(C)Cc1cccnc1C#N. The molecule has 0 spiro atoms. The topological polar surface area (TPSA) is 69.0 Å². The largest absolute Gasteiger partial charge is 0.359 e. The Labute approximate surface area is 107 Å². The highest BCUT2D eigenvalue weighted by molar-refractivity contribution is 5.78. The summed E-state index contributed by atoms with van der Waals surface area (Å²) < 4.78 is 0. The van der Waals surface area contributed by atoms with Crippen LogP contribution in [0.3, 0.4) is 0 Å². The molecule has 5 heteroatoms. The number of nitrogens with one attached hydrogen (secondary N) is 1. The molecule has 18 heavy (non-hydrogen) atoms. The van der Waals surface area contributed by atoms with E-state index < -0.39 is 0 Å². The van der Waals surface area contributed by atoms with Crippen LogP contribution < -0.4 is 5.32 Å². The fourth-order valence-electron chi connectivity index (χ4n) is 1.82. The van der Waals surface area contributed by atoms with E-state index in [0.29, 0.717) is 18.8 Å². The van der Waals surface area contributed by atoms with Gasteiger partial charge in [0.05, 0.1) is 0 Å². The maximum absolute atomic E-state index is 11.4. The minimum absolute atomic E-state index is 0.0218. The molecule has 1 N–H and O–H groups in total. The van der Waals surface area contributed by atoms with Gasteiger partial charge in [0.25, 0.3) is 0 Å². The molecule has 0 saturated heterocycles. The van der Waals surface area contributed by atoms with Crippen molar-refractivity contribution in [3.63, 3.8) is 0 Å². The van der Waals surface area contributed by atoms with Crippen molar-refractivity contribution >= 4 is 5.91 Å². The summed E-state index contributed by atoms with van der Waals surface area (Å²) in [6.45, 7) is 3.13. The first kappa shape index (κ1) is 14.1. The average molecular weight is 246 g/mol. The van der Waals surface area contributed by atoms with Gasteiger partial charge in [0.2, 0.25) is 5.91 Å². The van der Waals surface area contributed by atoms with E-state index in [0.717, 1.165) is 5.56 Å². The third kappa shape index (κ3) is 3.82. The van der Waals surface area contributed by atoms with Gasteiger partial charge in [-0.15, -0.1) is 0 Å². The molecule has 1 rings (SSSR count).